The molecule has 2 aromatic rings. The molecule has 0 fully saturated rings. The smallest absolute Gasteiger partial charge is 0.182 e. The van der Waals surface area contributed by atoms with E-state index in [4.69, 9.17) is 5.73 Å². The van der Waals surface area contributed by atoms with E-state index in [1.54, 1.807) is 0 Å². The first-order valence-corrected chi connectivity index (χ1v) is 3.44. The molecule has 0 atom stereocenters. The van der Waals surface area contributed by atoms with Gasteiger partial charge in [-0.05, 0) is 0 Å². The molecule has 11 N–H and O–H groups in total. The Labute approximate surface area is 79.6 Å². The van der Waals surface area contributed by atoms with Gasteiger partial charge in [-0.3, -0.25) is 23.4 Å². The molecular weight excluding hydrogens is 186 g/mol. The molecule has 0 radical (unpaired) electrons. The SMILES string of the molecule is NN.NN.Nc1ncnc2nc[nH]c12. The normalized spacial score (nSPS) is 8.29. The van der Waals surface area contributed by atoms with Crippen molar-refractivity contribution in [2.75, 3.05) is 5.73 Å². The molecule has 0 amide bonds. The van der Waals surface area contributed by atoms with Gasteiger partial charge in [0.2, 0.25) is 0 Å². The van der Waals surface area contributed by atoms with E-state index < -0.39 is 0 Å². The van der Waals surface area contributed by atoms with Crippen LogP contribution in [0.25, 0.3) is 11.2 Å². The van der Waals surface area contributed by atoms with Crippen LogP contribution in [-0.2, 0) is 0 Å². The van der Waals surface area contributed by atoms with E-state index in [1.807, 2.05) is 0 Å². The summed E-state index contributed by atoms with van der Waals surface area (Å²) in [7, 11) is 0. The zero-order chi connectivity index (χ0) is 11.0. The Morgan fingerprint density at radius 3 is 2.21 bits per heavy atom. The summed E-state index contributed by atoms with van der Waals surface area (Å²) >= 11 is 0. The molecule has 0 aliphatic carbocycles. The number of nitrogens with two attached hydrogens (primary N) is 5. The number of hydrazine groups is 2. The molecule has 14 heavy (non-hydrogen) atoms. The maximum atomic E-state index is 5.48. The second kappa shape index (κ2) is 6.68. The van der Waals surface area contributed by atoms with Crippen LogP contribution in [0, 0.1) is 0 Å². The van der Waals surface area contributed by atoms with Crippen molar-refractivity contribution < 1.29 is 0 Å². The van der Waals surface area contributed by atoms with E-state index in [0.717, 1.165) is 0 Å². The van der Waals surface area contributed by atoms with Gasteiger partial charge in [-0.25, -0.2) is 15.0 Å². The van der Waals surface area contributed by atoms with Gasteiger partial charge >= 0.3 is 0 Å². The largest absolute Gasteiger partial charge is 0.382 e. The molecule has 0 aliphatic rings. The number of imidazole rings is 1. The van der Waals surface area contributed by atoms with E-state index in [-0.39, 0.29) is 0 Å². The Kier molecular flexibility index (Phi) is 5.82. The van der Waals surface area contributed by atoms with Crippen LogP contribution in [0.5, 0.6) is 0 Å². The first-order chi connectivity index (χ1) is 6.88. The average Bonchev–Trinajstić information content (AvgIpc) is 2.73. The Bertz CT molecular complexity index is 355. The predicted octanol–water partition coefficient (Wildman–Crippen LogP) is -2.43. The number of fused-ring (bicyclic) bond motifs is 1. The van der Waals surface area contributed by atoms with E-state index in [1.165, 1.54) is 12.7 Å². The van der Waals surface area contributed by atoms with Crippen molar-refractivity contribution in [1.82, 2.24) is 19.9 Å². The standard InChI is InChI=1S/C5H5N5.2H4N2/c6-4-3-5(9-1-7-3)10-2-8-4;2*1-2/h1-2H,(H3,6,7,8,9,10);2*1-2H2. The summed E-state index contributed by atoms with van der Waals surface area (Å²) in [6.45, 7) is 0. The third-order valence-electron chi connectivity index (χ3n) is 1.25. The summed E-state index contributed by atoms with van der Waals surface area (Å²) in [6, 6.07) is 0. The van der Waals surface area contributed by atoms with Gasteiger partial charge in [0.1, 0.15) is 11.8 Å². The van der Waals surface area contributed by atoms with Gasteiger partial charge in [0.15, 0.2) is 11.5 Å². The van der Waals surface area contributed by atoms with Crippen molar-refractivity contribution in [3.8, 4) is 0 Å². The number of nitrogen functional groups attached to an aromatic ring is 1. The molecule has 0 bridgehead atoms. The Balaban J connectivity index is 0.000000379. The van der Waals surface area contributed by atoms with E-state index in [0.29, 0.717) is 17.0 Å². The quantitative estimate of drug-likeness (QED) is 0.200. The van der Waals surface area contributed by atoms with Crippen LogP contribution in [0.3, 0.4) is 0 Å². The lowest BCUT2D eigenvalue weighted by atomic mass is 10.5. The number of hydrogen-bond donors (Lipinski definition) is 6. The molecule has 9 nitrogen and oxygen atoms in total. The number of H-pyrrole nitrogens is 1. The van der Waals surface area contributed by atoms with E-state index in [9.17, 15) is 0 Å². The number of anilines is 1. The van der Waals surface area contributed by atoms with Gasteiger partial charge in [0.05, 0.1) is 6.33 Å². The minimum atomic E-state index is 0.433. The fourth-order valence-electron chi connectivity index (χ4n) is 0.784. The number of aromatic nitrogens is 4. The average molecular weight is 199 g/mol. The summed E-state index contributed by atoms with van der Waals surface area (Å²) < 4.78 is 0. The highest BCUT2D eigenvalue weighted by Crippen LogP contribution is 2.09. The molecule has 0 aliphatic heterocycles. The first kappa shape index (κ1) is 12.2. The highest BCUT2D eigenvalue weighted by molar-refractivity contribution is 5.80. The van der Waals surface area contributed by atoms with Crippen LogP contribution in [0.4, 0.5) is 5.82 Å². The van der Waals surface area contributed by atoms with Crippen LogP contribution >= 0.6 is 0 Å². The fourth-order valence-corrected chi connectivity index (χ4v) is 0.784. The molecule has 9 heteroatoms. The van der Waals surface area contributed by atoms with Crippen molar-refractivity contribution in [3.63, 3.8) is 0 Å². The van der Waals surface area contributed by atoms with Crippen LogP contribution in [-0.4, -0.2) is 19.9 Å². The van der Waals surface area contributed by atoms with Crippen molar-refractivity contribution in [1.29, 1.82) is 0 Å². The van der Waals surface area contributed by atoms with Gasteiger partial charge in [0.25, 0.3) is 0 Å². The molecule has 0 spiro atoms. The lowest BCUT2D eigenvalue weighted by molar-refractivity contribution is 1.21. The van der Waals surface area contributed by atoms with Gasteiger partial charge in [-0.15, -0.1) is 0 Å². The number of hydrogen-bond acceptors (Lipinski definition) is 8. The number of nitrogens with one attached hydrogen (secondary N) is 1. The Morgan fingerprint density at radius 1 is 1.00 bits per heavy atom. The summed E-state index contributed by atoms with van der Waals surface area (Å²) in [5.41, 5.74) is 6.78. The predicted molar refractivity (Wildman–Crippen MR) is 52.8 cm³/mol. The molecular formula is C5H13N9. The Hall–Kier alpha value is -1.81. The molecule has 2 heterocycles. The number of aromatic amines is 1. The third-order valence-corrected chi connectivity index (χ3v) is 1.25. The van der Waals surface area contributed by atoms with E-state index in [2.05, 4.69) is 43.3 Å². The first-order valence-electron chi connectivity index (χ1n) is 3.44. The molecule has 0 saturated carbocycles. The van der Waals surface area contributed by atoms with Gasteiger partial charge in [-0.2, -0.15) is 0 Å². The van der Waals surface area contributed by atoms with Gasteiger partial charge < -0.3 is 10.7 Å². The molecule has 0 aromatic carbocycles. The fraction of sp³-hybridized carbons (Fsp3) is 0. The van der Waals surface area contributed by atoms with E-state index >= 15 is 0 Å². The van der Waals surface area contributed by atoms with Crippen LogP contribution < -0.4 is 29.1 Å². The third kappa shape index (κ3) is 2.60. The second-order valence-electron chi connectivity index (χ2n) is 1.86. The summed E-state index contributed by atoms with van der Waals surface area (Å²) in [4.78, 5) is 14.4. The molecule has 0 unspecified atom stereocenters. The van der Waals surface area contributed by atoms with Crippen molar-refractivity contribution in [2.45, 2.75) is 0 Å². The molecule has 0 saturated heterocycles. The summed E-state index contributed by atoms with van der Waals surface area (Å²) in [5.74, 6) is 16.4. The van der Waals surface area contributed by atoms with Crippen molar-refractivity contribution in [3.05, 3.63) is 12.7 Å². The lowest BCUT2D eigenvalue weighted by Crippen LogP contribution is -2.02. The van der Waals surface area contributed by atoms with Crippen LogP contribution in [0.1, 0.15) is 0 Å². The summed E-state index contributed by atoms with van der Waals surface area (Å²) in [5, 5.41) is 0. The maximum absolute atomic E-state index is 5.48. The zero-order valence-corrected chi connectivity index (χ0v) is 7.38. The van der Waals surface area contributed by atoms with Gasteiger partial charge in [0, 0.05) is 0 Å². The minimum absolute atomic E-state index is 0.433. The maximum Gasteiger partial charge on any atom is 0.182 e. The summed E-state index contributed by atoms with van der Waals surface area (Å²) in [6.07, 6.45) is 2.92. The highest BCUT2D eigenvalue weighted by atomic mass is 15.0. The molecule has 2 aromatic heterocycles. The second-order valence-corrected chi connectivity index (χ2v) is 1.86. The topological polar surface area (TPSA) is 185 Å². The minimum Gasteiger partial charge on any atom is -0.382 e. The molecule has 2 rings (SSSR count). The number of nitrogens with zero attached hydrogens (tertiary/aromatic N) is 3. The molecule has 78 valence electrons. The lowest BCUT2D eigenvalue weighted by Gasteiger charge is -1.89. The van der Waals surface area contributed by atoms with Crippen LogP contribution in [0.2, 0.25) is 0 Å². The Morgan fingerprint density at radius 2 is 1.64 bits per heavy atom. The monoisotopic (exact) mass is 199 g/mol. The van der Waals surface area contributed by atoms with Crippen LogP contribution in [0.15, 0.2) is 12.7 Å². The van der Waals surface area contributed by atoms with Gasteiger partial charge in [-0.1, -0.05) is 0 Å². The highest BCUT2D eigenvalue weighted by Gasteiger charge is 1.99. The number of rotatable bonds is 0. The zero-order valence-electron chi connectivity index (χ0n) is 7.38. The van der Waals surface area contributed by atoms with Crippen molar-refractivity contribution >= 4 is 17.0 Å². The van der Waals surface area contributed by atoms with Crippen molar-refractivity contribution in [2.24, 2.45) is 23.4 Å².